The summed E-state index contributed by atoms with van der Waals surface area (Å²) < 4.78 is 5.17. The molecule has 1 aromatic rings. The van der Waals surface area contributed by atoms with Crippen LogP contribution in [0.2, 0.25) is 0 Å². The van der Waals surface area contributed by atoms with Crippen LogP contribution < -0.4 is 0 Å². The molecule has 1 atom stereocenters. The van der Waals surface area contributed by atoms with E-state index in [1.54, 1.807) is 0 Å². The second-order valence-electron chi connectivity index (χ2n) is 4.37. The number of carbonyl (C=O) groups is 1. The fourth-order valence-electron chi connectivity index (χ4n) is 1.69. The van der Waals surface area contributed by atoms with Crippen LogP contribution in [0.1, 0.15) is 25.8 Å². The molecule has 1 aromatic carbocycles. The molecule has 0 amide bonds. The molecule has 1 aliphatic heterocycles. The SMILES string of the molecule is CC(C)CC1N=C(c2ccccc2)OC1=O. The van der Waals surface area contributed by atoms with Crippen LogP contribution in [0, 0.1) is 5.92 Å². The predicted octanol–water partition coefficient (Wildman–Crippen LogP) is 2.40. The molecule has 1 unspecified atom stereocenters. The maximum atomic E-state index is 11.6. The molecule has 0 spiro atoms. The second kappa shape index (κ2) is 4.47. The lowest BCUT2D eigenvalue weighted by atomic mass is 10.1. The van der Waals surface area contributed by atoms with Gasteiger partial charge in [0, 0.05) is 5.56 Å². The van der Waals surface area contributed by atoms with Crippen molar-refractivity contribution in [1.82, 2.24) is 0 Å². The number of esters is 1. The molecule has 0 fully saturated rings. The lowest BCUT2D eigenvalue weighted by Crippen LogP contribution is -2.17. The van der Waals surface area contributed by atoms with Crippen LogP contribution in [0.15, 0.2) is 35.3 Å². The molecule has 0 aromatic heterocycles. The largest absolute Gasteiger partial charge is 0.406 e. The van der Waals surface area contributed by atoms with Gasteiger partial charge in [0.25, 0.3) is 0 Å². The zero-order chi connectivity index (χ0) is 11.5. The molecule has 0 bridgehead atoms. The predicted molar refractivity (Wildman–Crippen MR) is 62.3 cm³/mol. The van der Waals surface area contributed by atoms with E-state index in [1.807, 2.05) is 30.3 Å². The molecule has 84 valence electrons. The number of ether oxygens (including phenoxy) is 1. The van der Waals surface area contributed by atoms with Crippen LogP contribution in [-0.2, 0) is 9.53 Å². The Morgan fingerprint density at radius 2 is 2.00 bits per heavy atom. The minimum atomic E-state index is -0.324. The van der Waals surface area contributed by atoms with Gasteiger partial charge >= 0.3 is 5.97 Å². The monoisotopic (exact) mass is 217 g/mol. The van der Waals surface area contributed by atoms with Crippen molar-refractivity contribution in [3.63, 3.8) is 0 Å². The van der Waals surface area contributed by atoms with Gasteiger partial charge in [-0.25, -0.2) is 9.79 Å². The molecule has 0 N–H and O–H groups in total. The first-order valence-electron chi connectivity index (χ1n) is 5.51. The summed E-state index contributed by atoms with van der Waals surface area (Å²) in [5.74, 6) is 0.667. The van der Waals surface area contributed by atoms with Crippen LogP contribution in [0.3, 0.4) is 0 Å². The Balaban J connectivity index is 2.17. The molecule has 1 aliphatic rings. The van der Waals surface area contributed by atoms with E-state index in [-0.39, 0.29) is 12.0 Å². The molecular weight excluding hydrogens is 202 g/mol. The number of rotatable bonds is 3. The van der Waals surface area contributed by atoms with Gasteiger partial charge in [0.1, 0.15) is 0 Å². The maximum absolute atomic E-state index is 11.6. The summed E-state index contributed by atoms with van der Waals surface area (Å²) in [6.45, 7) is 4.15. The highest BCUT2D eigenvalue weighted by molar-refractivity contribution is 6.06. The molecule has 3 heteroatoms. The van der Waals surface area contributed by atoms with Gasteiger partial charge in [0.15, 0.2) is 6.04 Å². The lowest BCUT2D eigenvalue weighted by molar-refractivity contribution is -0.135. The zero-order valence-electron chi connectivity index (χ0n) is 9.51. The highest BCUT2D eigenvalue weighted by atomic mass is 16.6. The first-order chi connectivity index (χ1) is 7.66. The number of nitrogens with zero attached hydrogens (tertiary/aromatic N) is 1. The fourth-order valence-corrected chi connectivity index (χ4v) is 1.69. The summed E-state index contributed by atoms with van der Waals surface area (Å²) in [5.41, 5.74) is 0.863. The van der Waals surface area contributed by atoms with Crippen molar-refractivity contribution < 1.29 is 9.53 Å². The average Bonchev–Trinajstić information content (AvgIpc) is 2.61. The van der Waals surface area contributed by atoms with Crippen LogP contribution in [0.25, 0.3) is 0 Å². The fraction of sp³-hybridized carbons (Fsp3) is 0.385. The van der Waals surface area contributed by atoms with E-state index >= 15 is 0 Å². The van der Waals surface area contributed by atoms with E-state index in [1.165, 1.54) is 0 Å². The third kappa shape index (κ3) is 2.30. The van der Waals surface area contributed by atoms with E-state index in [4.69, 9.17) is 4.74 Å². The lowest BCUT2D eigenvalue weighted by Gasteiger charge is -2.05. The highest BCUT2D eigenvalue weighted by Gasteiger charge is 2.29. The number of cyclic esters (lactones) is 1. The summed E-state index contributed by atoms with van der Waals surface area (Å²) in [6.07, 6.45) is 0.745. The van der Waals surface area contributed by atoms with Crippen molar-refractivity contribution in [2.45, 2.75) is 26.3 Å². The molecule has 2 rings (SSSR count). The van der Waals surface area contributed by atoms with Crippen LogP contribution in [0.5, 0.6) is 0 Å². The zero-order valence-corrected chi connectivity index (χ0v) is 9.51. The molecule has 3 nitrogen and oxygen atoms in total. The van der Waals surface area contributed by atoms with Crippen molar-refractivity contribution in [2.24, 2.45) is 10.9 Å². The minimum absolute atomic E-state index is 0.229. The summed E-state index contributed by atoms with van der Waals surface area (Å²) in [7, 11) is 0. The molecule has 0 radical (unpaired) electrons. The molecular formula is C13H15NO2. The van der Waals surface area contributed by atoms with Gasteiger partial charge in [-0.2, -0.15) is 0 Å². The quantitative estimate of drug-likeness (QED) is 0.729. The molecule has 0 saturated carbocycles. The van der Waals surface area contributed by atoms with E-state index < -0.39 is 0 Å². The van der Waals surface area contributed by atoms with Gasteiger partial charge in [0.2, 0.25) is 5.90 Å². The van der Waals surface area contributed by atoms with Gasteiger partial charge in [-0.15, -0.1) is 0 Å². The van der Waals surface area contributed by atoms with Crippen LogP contribution in [-0.4, -0.2) is 17.9 Å². The van der Waals surface area contributed by atoms with Gasteiger partial charge in [-0.05, 0) is 24.5 Å². The van der Waals surface area contributed by atoms with Crippen molar-refractivity contribution in [2.75, 3.05) is 0 Å². The molecule has 16 heavy (non-hydrogen) atoms. The maximum Gasteiger partial charge on any atom is 0.337 e. The highest BCUT2D eigenvalue weighted by Crippen LogP contribution is 2.18. The Morgan fingerprint density at radius 3 is 2.62 bits per heavy atom. The first kappa shape index (κ1) is 10.9. The number of hydrogen-bond donors (Lipinski definition) is 0. The Hall–Kier alpha value is -1.64. The van der Waals surface area contributed by atoms with E-state index in [0.29, 0.717) is 11.8 Å². The van der Waals surface area contributed by atoms with Gasteiger partial charge in [-0.1, -0.05) is 32.0 Å². The summed E-state index contributed by atoms with van der Waals surface area (Å²) in [5, 5.41) is 0. The second-order valence-corrected chi connectivity index (χ2v) is 4.37. The van der Waals surface area contributed by atoms with Crippen LogP contribution >= 0.6 is 0 Å². The Bertz CT molecular complexity index is 409. The van der Waals surface area contributed by atoms with Gasteiger partial charge < -0.3 is 4.74 Å². The third-order valence-corrected chi connectivity index (χ3v) is 2.46. The van der Waals surface area contributed by atoms with E-state index in [9.17, 15) is 4.79 Å². The Morgan fingerprint density at radius 1 is 1.31 bits per heavy atom. The Kier molecular flexibility index (Phi) is 3.04. The van der Waals surface area contributed by atoms with Gasteiger partial charge in [-0.3, -0.25) is 0 Å². The summed E-state index contributed by atoms with van der Waals surface area (Å²) >= 11 is 0. The molecule has 1 heterocycles. The summed E-state index contributed by atoms with van der Waals surface area (Å²) in [6, 6.07) is 9.19. The molecule has 0 aliphatic carbocycles. The topological polar surface area (TPSA) is 38.7 Å². The number of carbonyl (C=O) groups excluding carboxylic acids is 1. The number of benzene rings is 1. The van der Waals surface area contributed by atoms with Crippen molar-refractivity contribution >= 4 is 11.9 Å². The minimum Gasteiger partial charge on any atom is -0.406 e. The van der Waals surface area contributed by atoms with Crippen molar-refractivity contribution in [3.8, 4) is 0 Å². The van der Waals surface area contributed by atoms with Crippen molar-refractivity contribution in [1.29, 1.82) is 0 Å². The first-order valence-corrected chi connectivity index (χ1v) is 5.51. The number of hydrogen-bond acceptors (Lipinski definition) is 3. The normalized spacial score (nSPS) is 19.8. The standard InChI is InChI=1S/C13H15NO2/c1-9(2)8-11-13(15)16-12(14-11)10-6-4-3-5-7-10/h3-7,9,11H,8H2,1-2H3. The average molecular weight is 217 g/mol. The number of aliphatic imine (C=N–C) groups is 1. The van der Waals surface area contributed by atoms with Gasteiger partial charge in [0.05, 0.1) is 0 Å². The Labute approximate surface area is 95.2 Å². The molecule has 0 saturated heterocycles. The summed E-state index contributed by atoms with van der Waals surface area (Å²) in [4.78, 5) is 15.9. The van der Waals surface area contributed by atoms with E-state index in [0.717, 1.165) is 12.0 Å². The smallest absolute Gasteiger partial charge is 0.337 e. The van der Waals surface area contributed by atoms with Crippen LogP contribution in [0.4, 0.5) is 0 Å². The third-order valence-electron chi connectivity index (χ3n) is 2.46. The van der Waals surface area contributed by atoms with Crippen molar-refractivity contribution in [3.05, 3.63) is 35.9 Å². The van der Waals surface area contributed by atoms with E-state index in [2.05, 4.69) is 18.8 Å².